The van der Waals surface area contributed by atoms with Gasteiger partial charge in [0.25, 0.3) is 11.6 Å². The fourth-order valence-electron chi connectivity index (χ4n) is 1.97. The molecule has 0 spiro atoms. The van der Waals surface area contributed by atoms with Gasteiger partial charge in [0, 0.05) is 31.3 Å². The molecule has 1 rings (SSSR count). The summed E-state index contributed by atoms with van der Waals surface area (Å²) >= 11 is 0. The van der Waals surface area contributed by atoms with Gasteiger partial charge in [0.15, 0.2) is 0 Å². The van der Waals surface area contributed by atoms with Crippen molar-refractivity contribution in [2.24, 2.45) is 0 Å². The molecule has 1 aromatic carbocycles. The largest absolute Gasteiger partial charge is 0.365 e. The molecule has 7 nitrogen and oxygen atoms in total. The summed E-state index contributed by atoms with van der Waals surface area (Å²) in [7, 11) is 0. The van der Waals surface area contributed by atoms with E-state index in [4.69, 9.17) is 5.26 Å². The van der Waals surface area contributed by atoms with Crippen LogP contribution >= 0.6 is 0 Å². The summed E-state index contributed by atoms with van der Waals surface area (Å²) in [5.41, 5.74) is 0.549. The Bertz CT molecular complexity index is 566. The van der Waals surface area contributed by atoms with Crippen LogP contribution in [0.4, 0.5) is 11.4 Å². The number of benzene rings is 1. The molecule has 21 heavy (non-hydrogen) atoms. The molecule has 0 saturated heterocycles. The first-order valence-electron chi connectivity index (χ1n) is 6.73. The highest BCUT2D eigenvalue weighted by Gasteiger charge is 2.20. The second-order valence-corrected chi connectivity index (χ2v) is 4.31. The topological polar surface area (TPSA) is 99.3 Å². The van der Waals surface area contributed by atoms with Crippen LogP contribution in [0.25, 0.3) is 0 Å². The Balaban J connectivity index is 3.18. The Labute approximate surface area is 123 Å². The summed E-state index contributed by atoms with van der Waals surface area (Å²) in [6.45, 7) is 5.05. The molecule has 0 radical (unpaired) electrons. The number of amides is 1. The van der Waals surface area contributed by atoms with Gasteiger partial charge in [-0.15, -0.1) is 0 Å². The summed E-state index contributed by atoms with van der Waals surface area (Å²) < 4.78 is 0. The van der Waals surface area contributed by atoms with Gasteiger partial charge in [0.1, 0.15) is 5.69 Å². The molecule has 0 bridgehead atoms. The van der Waals surface area contributed by atoms with Gasteiger partial charge in [-0.2, -0.15) is 5.26 Å². The lowest BCUT2D eigenvalue weighted by atomic mass is 10.1. The third kappa shape index (κ3) is 4.18. The number of nitro groups is 1. The summed E-state index contributed by atoms with van der Waals surface area (Å²) in [5, 5.41) is 22.5. The minimum absolute atomic E-state index is 0.126. The van der Waals surface area contributed by atoms with E-state index in [9.17, 15) is 14.9 Å². The van der Waals surface area contributed by atoms with Crippen LogP contribution in [0.15, 0.2) is 18.2 Å². The van der Waals surface area contributed by atoms with E-state index in [0.717, 1.165) is 0 Å². The van der Waals surface area contributed by atoms with Crippen molar-refractivity contribution in [3.05, 3.63) is 33.9 Å². The smallest absolute Gasteiger partial charge is 0.293 e. The average molecular weight is 290 g/mol. The summed E-state index contributed by atoms with van der Waals surface area (Å²) in [6.07, 6.45) is 0.281. The molecule has 0 aliphatic rings. The number of hydrogen-bond donors (Lipinski definition) is 1. The first-order chi connectivity index (χ1) is 10.0. The number of nitrogens with one attached hydrogen (secondary N) is 1. The maximum absolute atomic E-state index is 11.8. The molecular weight excluding hydrogens is 272 g/mol. The van der Waals surface area contributed by atoms with Gasteiger partial charge in [-0.05, 0) is 26.0 Å². The normalized spacial score (nSPS) is 9.76. The van der Waals surface area contributed by atoms with Crippen molar-refractivity contribution in [2.45, 2.75) is 20.3 Å². The number of carbonyl (C=O) groups excluding carboxylic acids is 1. The van der Waals surface area contributed by atoms with Crippen LogP contribution in [0.5, 0.6) is 0 Å². The average Bonchev–Trinajstić information content (AvgIpc) is 2.48. The molecule has 0 aliphatic carbocycles. The molecule has 0 heterocycles. The van der Waals surface area contributed by atoms with Crippen molar-refractivity contribution in [3.8, 4) is 6.07 Å². The molecule has 0 atom stereocenters. The highest BCUT2D eigenvalue weighted by molar-refractivity contribution is 5.95. The van der Waals surface area contributed by atoms with Crippen LogP contribution in [0, 0.1) is 21.4 Å². The molecule has 1 N–H and O–H groups in total. The Morgan fingerprint density at radius 1 is 1.48 bits per heavy atom. The molecule has 7 heteroatoms. The lowest BCUT2D eigenvalue weighted by Crippen LogP contribution is -2.26. The second-order valence-electron chi connectivity index (χ2n) is 4.31. The standard InChI is InChI=1S/C14H18N4O3/c1-3-16-14(19)11-6-7-12(13(10-11)18(20)21)17(4-2)9-5-8-15/h6-7,10H,3-5,9H2,1-2H3,(H,16,19). The highest BCUT2D eigenvalue weighted by Crippen LogP contribution is 2.29. The van der Waals surface area contributed by atoms with E-state index < -0.39 is 4.92 Å². The Kier molecular flexibility index (Phi) is 6.14. The van der Waals surface area contributed by atoms with Crippen molar-refractivity contribution < 1.29 is 9.72 Å². The maximum Gasteiger partial charge on any atom is 0.293 e. The van der Waals surface area contributed by atoms with Gasteiger partial charge >= 0.3 is 0 Å². The van der Waals surface area contributed by atoms with E-state index in [-0.39, 0.29) is 23.6 Å². The zero-order valence-electron chi connectivity index (χ0n) is 12.1. The zero-order valence-corrected chi connectivity index (χ0v) is 12.1. The van der Waals surface area contributed by atoms with Crippen molar-refractivity contribution in [1.82, 2.24) is 5.32 Å². The number of anilines is 1. The molecule has 0 aromatic heterocycles. The number of carbonyl (C=O) groups is 1. The SMILES string of the molecule is CCNC(=O)c1ccc(N(CC)CCC#N)c([N+](=O)[O-])c1. The van der Waals surface area contributed by atoms with E-state index in [2.05, 4.69) is 5.32 Å². The first kappa shape index (κ1) is 16.4. The summed E-state index contributed by atoms with van der Waals surface area (Å²) in [4.78, 5) is 24.2. The monoisotopic (exact) mass is 290 g/mol. The summed E-state index contributed by atoms with van der Waals surface area (Å²) in [5.74, 6) is -0.341. The van der Waals surface area contributed by atoms with Gasteiger partial charge in [0.05, 0.1) is 17.4 Å². The van der Waals surface area contributed by atoms with Gasteiger partial charge in [-0.3, -0.25) is 14.9 Å². The van der Waals surface area contributed by atoms with E-state index in [1.165, 1.54) is 6.07 Å². The first-order valence-corrected chi connectivity index (χ1v) is 6.73. The van der Waals surface area contributed by atoms with Crippen molar-refractivity contribution in [3.63, 3.8) is 0 Å². The minimum Gasteiger partial charge on any atom is -0.365 e. The number of hydrogen-bond acceptors (Lipinski definition) is 5. The fraction of sp³-hybridized carbons (Fsp3) is 0.429. The van der Waals surface area contributed by atoms with Crippen LogP contribution in [0.1, 0.15) is 30.6 Å². The number of nitrogens with zero attached hydrogens (tertiary/aromatic N) is 3. The predicted octanol–water partition coefficient (Wildman–Crippen LogP) is 2.08. The molecule has 0 saturated carbocycles. The fourth-order valence-corrected chi connectivity index (χ4v) is 1.97. The molecule has 0 unspecified atom stereocenters. The van der Waals surface area contributed by atoms with Crippen molar-refractivity contribution >= 4 is 17.3 Å². The molecule has 0 fully saturated rings. The van der Waals surface area contributed by atoms with Gasteiger partial charge < -0.3 is 10.2 Å². The third-order valence-electron chi connectivity index (χ3n) is 2.99. The number of nitro benzene ring substituents is 1. The van der Waals surface area contributed by atoms with E-state index >= 15 is 0 Å². The molecule has 1 amide bonds. The maximum atomic E-state index is 11.8. The van der Waals surface area contributed by atoms with E-state index in [0.29, 0.717) is 25.3 Å². The van der Waals surface area contributed by atoms with Crippen molar-refractivity contribution in [1.29, 1.82) is 5.26 Å². The second kappa shape index (κ2) is 7.85. The minimum atomic E-state index is -0.507. The number of nitriles is 1. The summed E-state index contributed by atoms with van der Waals surface area (Å²) in [6, 6.07) is 6.41. The highest BCUT2D eigenvalue weighted by atomic mass is 16.6. The molecule has 0 aliphatic heterocycles. The molecule has 1 aromatic rings. The van der Waals surface area contributed by atoms with Crippen molar-refractivity contribution in [2.75, 3.05) is 24.5 Å². The van der Waals surface area contributed by atoms with Crippen LogP contribution in [0.2, 0.25) is 0 Å². The quantitative estimate of drug-likeness (QED) is 0.612. The van der Waals surface area contributed by atoms with Gasteiger partial charge in [-0.25, -0.2) is 0 Å². The van der Waals surface area contributed by atoms with Crippen LogP contribution in [-0.2, 0) is 0 Å². The predicted molar refractivity (Wildman–Crippen MR) is 79.2 cm³/mol. The van der Waals surface area contributed by atoms with E-state index in [1.807, 2.05) is 13.0 Å². The Hall–Kier alpha value is -2.62. The van der Waals surface area contributed by atoms with Crippen LogP contribution in [0.3, 0.4) is 0 Å². The molecular formula is C14H18N4O3. The Morgan fingerprint density at radius 2 is 2.19 bits per heavy atom. The lowest BCUT2D eigenvalue weighted by molar-refractivity contribution is -0.384. The number of rotatable bonds is 7. The third-order valence-corrected chi connectivity index (χ3v) is 2.99. The zero-order chi connectivity index (χ0) is 15.8. The van der Waals surface area contributed by atoms with Gasteiger partial charge in [-0.1, -0.05) is 0 Å². The van der Waals surface area contributed by atoms with Crippen LogP contribution < -0.4 is 10.2 Å². The Morgan fingerprint density at radius 3 is 2.71 bits per heavy atom. The molecule has 112 valence electrons. The van der Waals surface area contributed by atoms with Gasteiger partial charge in [0.2, 0.25) is 0 Å². The lowest BCUT2D eigenvalue weighted by Gasteiger charge is -2.21. The van der Waals surface area contributed by atoms with E-state index in [1.54, 1.807) is 24.0 Å². The van der Waals surface area contributed by atoms with Crippen LogP contribution in [-0.4, -0.2) is 30.5 Å².